The molecule has 2 aromatic rings. The third-order valence-corrected chi connectivity index (χ3v) is 4.04. The molecule has 0 aromatic heterocycles. The topological polar surface area (TPSA) is 124 Å². The fraction of sp³-hybridized carbons (Fsp3) is 0.263. The van der Waals surface area contributed by atoms with Gasteiger partial charge in [-0.25, -0.2) is 0 Å². The molecule has 1 aliphatic heterocycles. The maximum absolute atomic E-state index is 11.8. The van der Waals surface area contributed by atoms with Crippen molar-refractivity contribution >= 4 is 23.0 Å². The second-order valence-electron chi connectivity index (χ2n) is 6.10. The van der Waals surface area contributed by atoms with Crippen molar-refractivity contribution in [3.05, 3.63) is 58.1 Å². The number of rotatable bonds is 9. The molecular weight excluding hydrogens is 380 g/mol. The molecule has 0 unspecified atom stereocenters. The summed E-state index contributed by atoms with van der Waals surface area (Å²) in [4.78, 5) is 27.1. The van der Waals surface area contributed by atoms with E-state index in [1.807, 2.05) is 6.07 Å². The summed E-state index contributed by atoms with van der Waals surface area (Å²) in [5.41, 5.74) is 2.17. The van der Waals surface area contributed by atoms with Crippen molar-refractivity contribution in [1.82, 2.24) is 5.32 Å². The average Bonchev–Trinajstić information content (AvgIpc) is 3.19. The van der Waals surface area contributed by atoms with Crippen LogP contribution in [0.1, 0.15) is 12.5 Å². The van der Waals surface area contributed by atoms with Crippen molar-refractivity contribution in [3.63, 3.8) is 0 Å². The smallest absolute Gasteiger partial charge is 0.269 e. The van der Waals surface area contributed by atoms with Gasteiger partial charge in [0.2, 0.25) is 6.79 Å². The van der Waals surface area contributed by atoms with Crippen LogP contribution in [0.4, 0.5) is 11.4 Å². The molecule has 0 saturated heterocycles. The van der Waals surface area contributed by atoms with Crippen LogP contribution in [0.2, 0.25) is 0 Å². The molecule has 10 nitrogen and oxygen atoms in total. The molecule has 3 rings (SSSR count). The molecule has 2 aromatic carbocycles. The van der Waals surface area contributed by atoms with E-state index in [1.54, 1.807) is 31.2 Å². The van der Waals surface area contributed by atoms with Crippen LogP contribution in [0.3, 0.4) is 0 Å². The van der Waals surface area contributed by atoms with Gasteiger partial charge in [0, 0.05) is 36.5 Å². The molecule has 152 valence electrons. The van der Waals surface area contributed by atoms with Crippen molar-refractivity contribution in [2.24, 2.45) is 5.16 Å². The van der Waals surface area contributed by atoms with Crippen molar-refractivity contribution < 1.29 is 24.0 Å². The van der Waals surface area contributed by atoms with Crippen LogP contribution in [-0.2, 0) is 9.63 Å². The number of nitrogens with zero attached hydrogens (tertiary/aromatic N) is 2. The van der Waals surface area contributed by atoms with Gasteiger partial charge in [-0.15, -0.1) is 0 Å². The number of nitrogens with one attached hydrogen (secondary N) is 2. The lowest BCUT2D eigenvalue weighted by Crippen LogP contribution is -2.31. The first-order valence-corrected chi connectivity index (χ1v) is 8.84. The molecule has 0 saturated carbocycles. The molecule has 1 aliphatic rings. The normalized spacial score (nSPS) is 12.4. The van der Waals surface area contributed by atoms with Crippen molar-refractivity contribution in [3.8, 4) is 11.5 Å². The molecule has 1 heterocycles. The zero-order chi connectivity index (χ0) is 20.6. The van der Waals surface area contributed by atoms with E-state index in [0.29, 0.717) is 30.3 Å². The van der Waals surface area contributed by atoms with E-state index in [4.69, 9.17) is 14.3 Å². The van der Waals surface area contributed by atoms with E-state index < -0.39 is 4.92 Å². The Bertz CT molecular complexity index is 913. The second kappa shape index (κ2) is 9.40. The van der Waals surface area contributed by atoms with E-state index in [-0.39, 0.29) is 25.0 Å². The van der Waals surface area contributed by atoms with E-state index in [9.17, 15) is 14.9 Å². The van der Waals surface area contributed by atoms with Crippen LogP contribution in [0.5, 0.6) is 11.5 Å². The molecule has 0 atom stereocenters. The highest BCUT2D eigenvalue weighted by Crippen LogP contribution is 2.32. The summed E-state index contributed by atoms with van der Waals surface area (Å²) in [5, 5.41) is 20.3. The number of benzene rings is 2. The first kappa shape index (κ1) is 19.9. The summed E-state index contributed by atoms with van der Waals surface area (Å²) in [6.45, 7) is 2.58. The van der Waals surface area contributed by atoms with Gasteiger partial charge in [0.25, 0.3) is 11.6 Å². The predicted octanol–water partition coefficient (Wildman–Crippen LogP) is 2.29. The molecule has 2 N–H and O–H groups in total. The summed E-state index contributed by atoms with van der Waals surface area (Å²) in [7, 11) is 0. The quantitative estimate of drug-likeness (QED) is 0.286. The molecule has 0 fully saturated rings. The fourth-order valence-electron chi connectivity index (χ4n) is 2.52. The van der Waals surface area contributed by atoms with Gasteiger partial charge in [0.05, 0.1) is 10.6 Å². The Labute approximate surface area is 166 Å². The lowest BCUT2D eigenvalue weighted by atomic mass is 10.1. The molecular formula is C19H20N4O6. The Hall–Kier alpha value is -3.82. The Kier molecular flexibility index (Phi) is 6.46. The number of fused-ring (bicyclic) bond motifs is 1. The average molecular weight is 400 g/mol. The standard InChI is InChI=1S/C19H20N4O6/c1-13(14-2-7-17-18(10-14)28-12-27-17)22-29-11-19(24)21-9-8-20-15-3-5-16(6-4-15)23(25)26/h2-7,10,20H,8-9,11-12H2,1H3,(H,21,24)/b22-13-. The van der Waals surface area contributed by atoms with Gasteiger partial charge in [-0.1, -0.05) is 5.16 Å². The molecule has 10 heteroatoms. The zero-order valence-corrected chi connectivity index (χ0v) is 15.7. The maximum Gasteiger partial charge on any atom is 0.269 e. The predicted molar refractivity (Wildman–Crippen MR) is 105 cm³/mol. The third kappa shape index (κ3) is 5.58. The number of carbonyl (C=O) groups excluding carboxylic acids is 1. The highest BCUT2D eigenvalue weighted by molar-refractivity contribution is 5.99. The number of ether oxygens (including phenoxy) is 2. The van der Waals surface area contributed by atoms with Crippen molar-refractivity contribution in [2.45, 2.75) is 6.92 Å². The summed E-state index contributed by atoms with van der Waals surface area (Å²) in [5.74, 6) is 1.03. The number of hydrogen-bond acceptors (Lipinski definition) is 8. The van der Waals surface area contributed by atoms with E-state index in [1.165, 1.54) is 12.1 Å². The van der Waals surface area contributed by atoms with Gasteiger partial charge < -0.3 is 24.9 Å². The van der Waals surface area contributed by atoms with Crippen LogP contribution in [-0.4, -0.2) is 43.0 Å². The fourth-order valence-corrected chi connectivity index (χ4v) is 2.52. The minimum atomic E-state index is -0.458. The summed E-state index contributed by atoms with van der Waals surface area (Å²) >= 11 is 0. The highest BCUT2D eigenvalue weighted by Gasteiger charge is 2.14. The largest absolute Gasteiger partial charge is 0.454 e. The Balaban J connectivity index is 1.35. The Morgan fingerprint density at radius 1 is 1.17 bits per heavy atom. The number of nitro benzene ring substituents is 1. The van der Waals surface area contributed by atoms with Crippen LogP contribution in [0.25, 0.3) is 0 Å². The third-order valence-electron chi connectivity index (χ3n) is 4.04. The van der Waals surface area contributed by atoms with Crippen LogP contribution in [0, 0.1) is 10.1 Å². The van der Waals surface area contributed by atoms with Gasteiger partial charge in [-0.2, -0.15) is 0 Å². The summed E-state index contributed by atoms with van der Waals surface area (Å²) < 4.78 is 10.6. The van der Waals surface area contributed by atoms with Gasteiger partial charge in [-0.05, 0) is 37.3 Å². The Morgan fingerprint density at radius 2 is 1.93 bits per heavy atom. The van der Waals surface area contributed by atoms with Crippen molar-refractivity contribution in [1.29, 1.82) is 0 Å². The number of anilines is 1. The first-order valence-electron chi connectivity index (χ1n) is 8.84. The number of amides is 1. The van der Waals surface area contributed by atoms with E-state index in [0.717, 1.165) is 11.3 Å². The lowest BCUT2D eigenvalue weighted by Gasteiger charge is -2.08. The van der Waals surface area contributed by atoms with E-state index >= 15 is 0 Å². The monoisotopic (exact) mass is 400 g/mol. The summed E-state index contributed by atoms with van der Waals surface area (Å²) in [6, 6.07) is 11.5. The van der Waals surface area contributed by atoms with Gasteiger partial charge in [0.15, 0.2) is 18.1 Å². The summed E-state index contributed by atoms with van der Waals surface area (Å²) in [6.07, 6.45) is 0. The molecule has 29 heavy (non-hydrogen) atoms. The minimum absolute atomic E-state index is 0.0256. The number of hydrogen-bond donors (Lipinski definition) is 2. The minimum Gasteiger partial charge on any atom is -0.454 e. The van der Waals surface area contributed by atoms with Crippen LogP contribution in [0.15, 0.2) is 47.6 Å². The van der Waals surface area contributed by atoms with Gasteiger partial charge >= 0.3 is 0 Å². The Morgan fingerprint density at radius 3 is 2.69 bits per heavy atom. The first-order chi connectivity index (χ1) is 14.0. The molecule has 0 aliphatic carbocycles. The van der Waals surface area contributed by atoms with Crippen LogP contribution < -0.4 is 20.1 Å². The van der Waals surface area contributed by atoms with E-state index in [2.05, 4.69) is 15.8 Å². The van der Waals surface area contributed by atoms with Crippen molar-refractivity contribution in [2.75, 3.05) is 31.8 Å². The molecule has 1 amide bonds. The maximum atomic E-state index is 11.8. The molecule has 0 spiro atoms. The lowest BCUT2D eigenvalue weighted by molar-refractivity contribution is -0.384. The SMILES string of the molecule is C/C(=N/OCC(=O)NCCNc1ccc([N+](=O)[O-])cc1)c1ccc2c(c1)OCO2. The number of non-ortho nitro benzene ring substituents is 1. The zero-order valence-electron chi connectivity index (χ0n) is 15.7. The molecule has 0 bridgehead atoms. The van der Waals surface area contributed by atoms with Crippen LogP contribution >= 0.6 is 0 Å². The van der Waals surface area contributed by atoms with Gasteiger partial charge in [-0.3, -0.25) is 14.9 Å². The number of oxime groups is 1. The number of carbonyl (C=O) groups is 1. The number of nitro groups is 1. The van der Waals surface area contributed by atoms with Gasteiger partial charge in [0.1, 0.15) is 0 Å². The highest BCUT2D eigenvalue weighted by atomic mass is 16.7. The second-order valence-corrected chi connectivity index (χ2v) is 6.10. The molecule has 0 radical (unpaired) electrons.